The van der Waals surface area contributed by atoms with Crippen LogP contribution in [-0.4, -0.2) is 34.1 Å². The summed E-state index contributed by atoms with van der Waals surface area (Å²) in [7, 11) is 0. The number of rotatable bonds is 4. The minimum Gasteiger partial charge on any atom is -0.465 e. The van der Waals surface area contributed by atoms with E-state index in [0.717, 1.165) is 4.31 Å². The molecule has 0 bridgehead atoms. The number of hydrogen-bond donors (Lipinski definition) is 4. The second kappa shape index (κ2) is 7.10. The summed E-state index contributed by atoms with van der Waals surface area (Å²) < 4.78 is 1.09. The minimum absolute atomic E-state index is 0.134. The van der Waals surface area contributed by atoms with Gasteiger partial charge in [-0.1, -0.05) is 24.4 Å². The number of hydrogen-bond acceptors (Lipinski definition) is 3. The van der Waals surface area contributed by atoms with Crippen molar-refractivity contribution in [3.63, 3.8) is 0 Å². The van der Waals surface area contributed by atoms with Gasteiger partial charge in [-0.25, -0.2) is 9.59 Å². The largest absolute Gasteiger partial charge is 0.465 e. The monoisotopic (exact) mass is 303 g/mol. The second-order valence-electron chi connectivity index (χ2n) is 3.87. The van der Waals surface area contributed by atoms with Gasteiger partial charge in [-0.3, -0.25) is 4.31 Å². The molecule has 0 aromatic heterocycles. The molecule has 1 rings (SSSR count). The molecule has 6 nitrogen and oxygen atoms in total. The smallest absolute Gasteiger partial charge is 0.404 e. The third-order valence-electron chi connectivity index (χ3n) is 2.15. The number of carboxylic acid groups (broad SMARTS) is 1. The molecule has 0 saturated carbocycles. The maximum atomic E-state index is 11.7. The predicted octanol–water partition coefficient (Wildman–Crippen LogP) is 2.67. The Morgan fingerprint density at radius 3 is 2.53 bits per heavy atom. The van der Waals surface area contributed by atoms with Crippen LogP contribution in [0, 0.1) is 0 Å². The van der Waals surface area contributed by atoms with Gasteiger partial charge in [0.2, 0.25) is 0 Å². The highest BCUT2D eigenvalue weighted by atomic mass is 35.5. The van der Waals surface area contributed by atoms with Crippen molar-refractivity contribution in [1.29, 1.82) is 0 Å². The fourth-order valence-corrected chi connectivity index (χ4v) is 1.74. The summed E-state index contributed by atoms with van der Waals surface area (Å²) in [5.74, 6) is 0. The number of anilines is 1. The van der Waals surface area contributed by atoms with E-state index < -0.39 is 18.2 Å². The van der Waals surface area contributed by atoms with Crippen molar-refractivity contribution in [1.82, 2.24) is 9.62 Å². The van der Waals surface area contributed by atoms with Gasteiger partial charge < -0.3 is 15.7 Å². The third kappa shape index (κ3) is 5.71. The zero-order valence-electron chi connectivity index (χ0n) is 10.1. The molecule has 3 amide bonds. The van der Waals surface area contributed by atoms with Crippen LogP contribution >= 0.6 is 24.4 Å². The number of nitrogens with zero attached hydrogens (tertiary/aromatic N) is 1. The molecule has 104 valence electrons. The summed E-state index contributed by atoms with van der Waals surface area (Å²) in [5.41, 5.74) is 0.576. The van der Waals surface area contributed by atoms with Crippen LogP contribution in [0.3, 0.4) is 0 Å². The van der Waals surface area contributed by atoms with Crippen molar-refractivity contribution in [2.24, 2.45) is 0 Å². The van der Waals surface area contributed by atoms with Crippen LogP contribution < -0.4 is 10.6 Å². The molecule has 0 saturated heterocycles. The Bertz CT molecular complexity index is 455. The van der Waals surface area contributed by atoms with Crippen molar-refractivity contribution in [2.75, 3.05) is 11.9 Å². The second-order valence-corrected chi connectivity index (χ2v) is 4.79. The van der Waals surface area contributed by atoms with Gasteiger partial charge in [-0.15, -0.1) is 0 Å². The highest BCUT2D eigenvalue weighted by Gasteiger charge is 2.14. The lowest BCUT2D eigenvalue weighted by Crippen LogP contribution is -2.41. The molecule has 1 aromatic carbocycles. The Morgan fingerprint density at radius 1 is 1.42 bits per heavy atom. The SMILES string of the molecule is CC(CN(S)C(=O)Nc1ccc(Cl)cc1)NC(=O)O. The number of thiol groups is 1. The summed E-state index contributed by atoms with van der Waals surface area (Å²) >= 11 is 9.73. The van der Waals surface area contributed by atoms with Crippen LogP contribution in [0.15, 0.2) is 24.3 Å². The molecule has 3 N–H and O–H groups in total. The molecular weight excluding hydrogens is 290 g/mol. The van der Waals surface area contributed by atoms with E-state index in [1.165, 1.54) is 0 Å². The first-order chi connectivity index (χ1) is 8.88. The van der Waals surface area contributed by atoms with Crippen LogP contribution in [0.4, 0.5) is 15.3 Å². The Balaban J connectivity index is 2.48. The van der Waals surface area contributed by atoms with E-state index in [1.807, 2.05) is 0 Å². The molecule has 0 heterocycles. The molecule has 0 radical (unpaired) electrons. The summed E-state index contributed by atoms with van der Waals surface area (Å²) in [5, 5.41) is 13.9. The number of urea groups is 1. The van der Waals surface area contributed by atoms with E-state index >= 15 is 0 Å². The molecule has 8 heteroatoms. The molecule has 1 unspecified atom stereocenters. The van der Waals surface area contributed by atoms with Gasteiger partial charge >= 0.3 is 12.1 Å². The molecule has 0 fully saturated rings. The van der Waals surface area contributed by atoms with Gasteiger partial charge in [0.15, 0.2) is 0 Å². The van der Waals surface area contributed by atoms with E-state index in [4.69, 9.17) is 16.7 Å². The number of benzene rings is 1. The Kier molecular flexibility index (Phi) is 5.78. The first-order valence-electron chi connectivity index (χ1n) is 5.41. The van der Waals surface area contributed by atoms with E-state index in [1.54, 1.807) is 31.2 Å². The van der Waals surface area contributed by atoms with Crippen molar-refractivity contribution >= 4 is 42.2 Å². The van der Waals surface area contributed by atoms with Gasteiger partial charge in [0.05, 0.1) is 6.54 Å². The van der Waals surface area contributed by atoms with Gasteiger partial charge in [-0.2, -0.15) is 0 Å². The van der Waals surface area contributed by atoms with E-state index in [0.29, 0.717) is 10.7 Å². The lowest BCUT2D eigenvalue weighted by molar-refractivity contribution is 0.188. The maximum absolute atomic E-state index is 11.7. The van der Waals surface area contributed by atoms with Crippen molar-refractivity contribution in [3.05, 3.63) is 29.3 Å². The van der Waals surface area contributed by atoms with Crippen LogP contribution in [0.25, 0.3) is 0 Å². The quantitative estimate of drug-likeness (QED) is 0.646. The van der Waals surface area contributed by atoms with E-state index in [2.05, 4.69) is 23.4 Å². The lowest BCUT2D eigenvalue weighted by atomic mass is 10.3. The fourth-order valence-electron chi connectivity index (χ4n) is 1.32. The molecule has 0 spiro atoms. The standard InChI is InChI=1S/C11H14ClN3O3S/c1-7(13-11(17)18)6-15(19)10(16)14-9-4-2-8(12)3-5-9/h2-5,7,13,19H,6H2,1H3,(H,14,16)(H,17,18). The number of halogens is 1. The van der Waals surface area contributed by atoms with E-state index in [9.17, 15) is 9.59 Å². The fraction of sp³-hybridized carbons (Fsp3) is 0.273. The number of nitrogens with one attached hydrogen (secondary N) is 2. The maximum Gasteiger partial charge on any atom is 0.404 e. The van der Waals surface area contributed by atoms with Crippen LogP contribution in [0.2, 0.25) is 5.02 Å². The Hall–Kier alpha value is -1.60. The highest BCUT2D eigenvalue weighted by Crippen LogP contribution is 2.14. The average Bonchev–Trinajstić information content (AvgIpc) is 2.30. The van der Waals surface area contributed by atoms with Gasteiger partial charge in [0, 0.05) is 16.8 Å². The first kappa shape index (κ1) is 15.5. The minimum atomic E-state index is -1.15. The summed E-state index contributed by atoms with van der Waals surface area (Å²) in [6.45, 7) is 1.77. The first-order valence-corrected chi connectivity index (χ1v) is 6.18. The summed E-state index contributed by atoms with van der Waals surface area (Å²) in [4.78, 5) is 22.2. The van der Waals surface area contributed by atoms with Crippen LogP contribution in [0.5, 0.6) is 0 Å². The zero-order valence-corrected chi connectivity index (χ0v) is 11.8. The highest BCUT2D eigenvalue weighted by molar-refractivity contribution is 7.78. The summed E-state index contributed by atoms with van der Waals surface area (Å²) in [6, 6.07) is 5.72. The van der Waals surface area contributed by atoms with Gasteiger partial charge in [0.25, 0.3) is 0 Å². The zero-order chi connectivity index (χ0) is 14.4. The number of carbonyl (C=O) groups excluding carboxylic acids is 1. The average molecular weight is 304 g/mol. The van der Waals surface area contributed by atoms with Crippen molar-refractivity contribution in [2.45, 2.75) is 13.0 Å². The molecule has 0 aliphatic rings. The Labute approximate surface area is 121 Å². The van der Waals surface area contributed by atoms with Gasteiger partial charge in [0.1, 0.15) is 0 Å². The molecule has 1 atom stereocenters. The summed E-state index contributed by atoms with van der Waals surface area (Å²) in [6.07, 6.45) is -1.15. The lowest BCUT2D eigenvalue weighted by Gasteiger charge is -2.20. The van der Waals surface area contributed by atoms with Crippen LogP contribution in [-0.2, 0) is 0 Å². The molecule has 19 heavy (non-hydrogen) atoms. The van der Waals surface area contributed by atoms with Crippen molar-refractivity contribution in [3.8, 4) is 0 Å². The molecule has 0 aliphatic heterocycles. The molecular formula is C11H14ClN3O3S. The van der Waals surface area contributed by atoms with Crippen LogP contribution in [0.1, 0.15) is 6.92 Å². The molecule has 1 aromatic rings. The normalized spacial score (nSPS) is 11.5. The van der Waals surface area contributed by atoms with Crippen molar-refractivity contribution < 1.29 is 14.7 Å². The van der Waals surface area contributed by atoms with Gasteiger partial charge in [-0.05, 0) is 31.2 Å². The van der Waals surface area contributed by atoms with E-state index in [-0.39, 0.29) is 6.54 Å². The third-order valence-corrected chi connectivity index (χ3v) is 2.74. The topological polar surface area (TPSA) is 81.7 Å². The number of carbonyl (C=O) groups is 2. The Morgan fingerprint density at radius 2 is 2.00 bits per heavy atom. The predicted molar refractivity (Wildman–Crippen MR) is 76.8 cm³/mol. The number of amides is 3. The molecule has 0 aliphatic carbocycles.